The summed E-state index contributed by atoms with van der Waals surface area (Å²) in [7, 11) is 0. The lowest BCUT2D eigenvalue weighted by molar-refractivity contribution is -0.141. The average molecular weight is 505 g/mol. The third-order valence-corrected chi connectivity index (χ3v) is 5.44. The molecule has 4 rings (SSSR count). The molecule has 0 saturated heterocycles. The summed E-state index contributed by atoms with van der Waals surface area (Å²) >= 11 is 0.403. The van der Waals surface area contributed by atoms with Crippen LogP contribution in [0.15, 0.2) is 54.9 Å². The molecule has 0 radical (unpaired) electrons. The number of imide groups is 1. The van der Waals surface area contributed by atoms with E-state index in [2.05, 4.69) is 19.3 Å². The molecule has 3 aromatic heterocycles. The highest BCUT2D eigenvalue weighted by atomic mass is 32.1. The van der Waals surface area contributed by atoms with Crippen LogP contribution in [0.5, 0.6) is 0 Å². The summed E-state index contributed by atoms with van der Waals surface area (Å²) in [6.07, 6.45) is -2.78. The van der Waals surface area contributed by atoms with Crippen molar-refractivity contribution in [1.82, 2.24) is 19.3 Å². The first-order chi connectivity index (χ1) is 16.6. The van der Waals surface area contributed by atoms with Gasteiger partial charge in [-0.15, -0.1) is 0 Å². The van der Waals surface area contributed by atoms with Crippen molar-refractivity contribution in [2.24, 2.45) is 0 Å². The number of rotatable bonds is 4. The Morgan fingerprint density at radius 3 is 2.11 bits per heavy atom. The van der Waals surface area contributed by atoms with Crippen molar-refractivity contribution in [3.8, 4) is 11.4 Å². The molecule has 0 atom stereocenters. The van der Waals surface area contributed by atoms with Crippen molar-refractivity contribution in [1.29, 1.82) is 0 Å². The molecule has 0 aliphatic heterocycles. The average Bonchev–Trinajstić information content (AvgIpc) is 3.27. The minimum Gasteiger partial charge on any atom is -0.268 e. The Balaban J connectivity index is 1.88. The predicted molar refractivity (Wildman–Crippen MR) is 115 cm³/mol. The molecule has 0 bridgehead atoms. The van der Waals surface area contributed by atoms with Crippen molar-refractivity contribution < 1.29 is 31.5 Å². The molecule has 0 unspecified atom stereocenters. The molecule has 2 amide bonds. The zero-order valence-corrected chi connectivity index (χ0v) is 18.4. The van der Waals surface area contributed by atoms with Gasteiger partial charge in [-0.3, -0.25) is 19.6 Å². The number of hydrogen-bond acceptors (Lipinski definition) is 7. The molecule has 35 heavy (non-hydrogen) atoms. The Morgan fingerprint density at radius 1 is 0.886 bits per heavy atom. The quantitative estimate of drug-likeness (QED) is 0.284. The van der Waals surface area contributed by atoms with Gasteiger partial charge in [0.05, 0.1) is 16.7 Å². The number of halogens is 5. The van der Waals surface area contributed by atoms with E-state index in [1.165, 1.54) is 25.3 Å². The van der Waals surface area contributed by atoms with Crippen molar-refractivity contribution in [2.75, 3.05) is 4.90 Å². The van der Waals surface area contributed by atoms with Crippen LogP contribution in [-0.4, -0.2) is 31.1 Å². The topological polar surface area (TPSA) is 88.9 Å². The van der Waals surface area contributed by atoms with E-state index in [-0.39, 0.29) is 11.3 Å². The summed E-state index contributed by atoms with van der Waals surface area (Å²) in [5.41, 5.74) is -2.99. The summed E-state index contributed by atoms with van der Waals surface area (Å²) in [5.74, 6) is -4.97. The number of carbonyl (C=O) groups is 2. The molecule has 0 aliphatic rings. The van der Waals surface area contributed by atoms with Crippen LogP contribution in [0.2, 0.25) is 0 Å². The van der Waals surface area contributed by atoms with Crippen LogP contribution in [-0.2, 0) is 6.18 Å². The van der Waals surface area contributed by atoms with Gasteiger partial charge in [0, 0.05) is 29.6 Å². The number of amides is 2. The number of aryl methyl sites for hydroxylation is 1. The molecule has 3 heterocycles. The standard InChI is InChI=1S/C22H12F5N5O2S/c1-11-12(5-3-9-28-11)19(33)32(20(34)13-6-4-10-29-17(13)22(25,26)27)21-30-18(31-35-21)16-14(23)7-2-8-15(16)24/h2-10H,1H3. The third-order valence-electron chi connectivity index (χ3n) is 4.74. The van der Waals surface area contributed by atoms with Crippen molar-refractivity contribution in [2.45, 2.75) is 13.1 Å². The normalized spacial score (nSPS) is 11.4. The van der Waals surface area contributed by atoms with E-state index in [0.29, 0.717) is 16.4 Å². The maximum absolute atomic E-state index is 14.2. The molecule has 1 aromatic carbocycles. The highest BCUT2D eigenvalue weighted by Gasteiger charge is 2.40. The molecule has 4 aromatic rings. The first-order valence-corrected chi connectivity index (χ1v) is 10.5. The molecule has 13 heteroatoms. The van der Waals surface area contributed by atoms with Gasteiger partial charge in [-0.05, 0) is 43.3 Å². The fraction of sp³-hybridized carbons (Fsp3) is 0.0909. The molecular weight excluding hydrogens is 493 g/mol. The monoisotopic (exact) mass is 505 g/mol. The zero-order chi connectivity index (χ0) is 25.3. The van der Waals surface area contributed by atoms with Crippen LogP contribution in [0.4, 0.5) is 27.1 Å². The summed E-state index contributed by atoms with van der Waals surface area (Å²) in [4.78, 5) is 38.2. The van der Waals surface area contributed by atoms with Gasteiger partial charge in [-0.1, -0.05) is 6.07 Å². The number of carbonyl (C=O) groups excluding carboxylic acids is 2. The van der Waals surface area contributed by atoms with Gasteiger partial charge >= 0.3 is 6.18 Å². The maximum atomic E-state index is 14.2. The van der Waals surface area contributed by atoms with Gasteiger partial charge < -0.3 is 0 Å². The van der Waals surface area contributed by atoms with Gasteiger partial charge in [0.1, 0.15) is 11.6 Å². The van der Waals surface area contributed by atoms with Crippen LogP contribution >= 0.6 is 11.5 Å². The van der Waals surface area contributed by atoms with E-state index in [1.54, 1.807) is 0 Å². The summed E-state index contributed by atoms with van der Waals surface area (Å²) < 4.78 is 72.9. The van der Waals surface area contributed by atoms with Crippen molar-refractivity contribution in [3.63, 3.8) is 0 Å². The van der Waals surface area contributed by atoms with Gasteiger partial charge in [-0.2, -0.15) is 22.5 Å². The third kappa shape index (κ3) is 4.62. The molecule has 0 spiro atoms. The van der Waals surface area contributed by atoms with Crippen LogP contribution in [0.1, 0.15) is 32.1 Å². The van der Waals surface area contributed by atoms with Gasteiger partial charge in [0.25, 0.3) is 11.8 Å². The maximum Gasteiger partial charge on any atom is 0.434 e. The Hall–Kier alpha value is -4.13. The fourth-order valence-electron chi connectivity index (χ4n) is 3.14. The number of hydrogen-bond donors (Lipinski definition) is 0. The lowest BCUT2D eigenvalue weighted by atomic mass is 10.1. The molecule has 178 valence electrons. The second kappa shape index (κ2) is 9.25. The minimum atomic E-state index is -5.01. The Bertz CT molecular complexity index is 1420. The Kier molecular flexibility index (Phi) is 6.35. The largest absolute Gasteiger partial charge is 0.434 e. The number of pyridine rings is 2. The minimum absolute atomic E-state index is 0.105. The van der Waals surface area contributed by atoms with Crippen LogP contribution in [0.3, 0.4) is 0 Å². The number of aromatic nitrogens is 4. The first-order valence-electron chi connectivity index (χ1n) is 9.70. The van der Waals surface area contributed by atoms with E-state index >= 15 is 0 Å². The molecular formula is C22H12F5N5O2S. The predicted octanol–water partition coefficient (Wildman–Crippen LogP) is 5.09. The highest BCUT2D eigenvalue weighted by molar-refractivity contribution is 7.10. The smallest absolute Gasteiger partial charge is 0.268 e. The number of benzene rings is 1. The molecule has 0 aliphatic carbocycles. The van der Waals surface area contributed by atoms with E-state index in [1.807, 2.05) is 0 Å². The van der Waals surface area contributed by atoms with Crippen LogP contribution < -0.4 is 4.90 Å². The van der Waals surface area contributed by atoms with E-state index in [0.717, 1.165) is 36.5 Å². The Morgan fingerprint density at radius 2 is 1.49 bits per heavy atom. The molecule has 7 nitrogen and oxygen atoms in total. The summed E-state index contributed by atoms with van der Waals surface area (Å²) in [5, 5.41) is -0.502. The highest BCUT2D eigenvalue weighted by Crippen LogP contribution is 2.33. The van der Waals surface area contributed by atoms with Crippen molar-refractivity contribution in [3.05, 3.63) is 89.0 Å². The second-order valence-corrected chi connectivity index (χ2v) is 7.71. The van der Waals surface area contributed by atoms with E-state index < -0.39 is 57.4 Å². The lowest BCUT2D eigenvalue weighted by Gasteiger charge is -2.20. The summed E-state index contributed by atoms with van der Waals surface area (Å²) in [6, 6.07) is 7.70. The zero-order valence-electron chi connectivity index (χ0n) is 17.5. The number of alkyl halides is 3. The molecule has 0 N–H and O–H groups in total. The first kappa shape index (κ1) is 24.0. The number of anilines is 1. The lowest BCUT2D eigenvalue weighted by Crippen LogP contribution is -2.38. The van der Waals surface area contributed by atoms with Gasteiger partial charge in [0.15, 0.2) is 11.5 Å². The second-order valence-electron chi connectivity index (χ2n) is 6.98. The van der Waals surface area contributed by atoms with E-state index in [9.17, 15) is 31.5 Å². The van der Waals surface area contributed by atoms with Gasteiger partial charge in [0.2, 0.25) is 5.13 Å². The number of nitrogens with zero attached hydrogens (tertiary/aromatic N) is 5. The van der Waals surface area contributed by atoms with Crippen LogP contribution in [0, 0.1) is 18.6 Å². The fourth-order valence-corrected chi connectivity index (χ4v) is 3.82. The Labute approximate surface area is 198 Å². The summed E-state index contributed by atoms with van der Waals surface area (Å²) in [6.45, 7) is 1.46. The molecule has 0 fully saturated rings. The van der Waals surface area contributed by atoms with Crippen LogP contribution in [0.25, 0.3) is 11.4 Å². The SMILES string of the molecule is Cc1ncccc1C(=O)N(C(=O)c1cccnc1C(F)(F)F)c1nc(-c2c(F)cccc2F)ns1. The molecule has 0 saturated carbocycles. The van der Waals surface area contributed by atoms with Crippen molar-refractivity contribution >= 4 is 28.5 Å². The van der Waals surface area contributed by atoms with E-state index in [4.69, 9.17) is 0 Å². The van der Waals surface area contributed by atoms with Gasteiger partial charge in [-0.25, -0.2) is 13.7 Å².